The Morgan fingerprint density at radius 1 is 0.476 bits per heavy atom. The van der Waals surface area contributed by atoms with Crippen LogP contribution in [0.3, 0.4) is 0 Å². The molecule has 0 N–H and O–H groups in total. The smallest absolute Gasteiger partial charge is 0.163 e. The van der Waals surface area contributed by atoms with E-state index < -0.39 is 0 Å². The van der Waals surface area contributed by atoms with Crippen LogP contribution in [0.1, 0.15) is 0 Å². The van der Waals surface area contributed by atoms with Crippen molar-refractivity contribution in [3.8, 4) is 28.3 Å². The fourth-order valence-electron chi connectivity index (χ4n) is 6.23. The van der Waals surface area contributed by atoms with Gasteiger partial charge in [-0.2, -0.15) is 0 Å². The van der Waals surface area contributed by atoms with Crippen LogP contribution < -0.4 is 0 Å². The summed E-state index contributed by atoms with van der Waals surface area (Å²) in [7, 11) is 0. The number of hydrogen-bond donors (Lipinski definition) is 0. The van der Waals surface area contributed by atoms with Gasteiger partial charge in [0.05, 0.1) is 16.4 Å². The molecule has 9 aromatic rings. The predicted octanol–water partition coefficient (Wildman–Crippen LogP) is 10.4. The zero-order chi connectivity index (χ0) is 27.6. The predicted molar refractivity (Wildman–Crippen MR) is 178 cm³/mol. The zero-order valence-electron chi connectivity index (χ0n) is 22.5. The van der Waals surface area contributed by atoms with Crippen LogP contribution >= 0.6 is 11.3 Å². The summed E-state index contributed by atoms with van der Waals surface area (Å²) < 4.78 is 3.56. The Kier molecular flexibility index (Phi) is 5.07. The largest absolute Gasteiger partial charge is 0.293 e. The molecule has 0 aliphatic carbocycles. The van der Waals surface area contributed by atoms with Gasteiger partial charge < -0.3 is 0 Å². The summed E-state index contributed by atoms with van der Waals surface area (Å²) in [4.78, 5) is 11.5. The van der Waals surface area contributed by atoms with Crippen molar-refractivity contribution < 1.29 is 0 Å². The summed E-state index contributed by atoms with van der Waals surface area (Å²) in [6.07, 6.45) is 0. The molecule has 0 spiro atoms. The van der Waals surface area contributed by atoms with Crippen molar-refractivity contribution in [2.75, 3.05) is 0 Å². The fraction of sp³-hybridized carbons (Fsp3) is 0. The SMILES string of the molecule is c1ccc(-c2ccc3c(c2)sc2nc(-c4ccccc4)nc(-n4c5ccccc5c5cc6ccccc6cc54)c23)cc1. The molecule has 0 aliphatic heterocycles. The van der Waals surface area contributed by atoms with Crippen LogP contribution in [0.25, 0.3) is 81.2 Å². The molecule has 42 heavy (non-hydrogen) atoms. The van der Waals surface area contributed by atoms with Crippen LogP contribution in [-0.2, 0) is 0 Å². The van der Waals surface area contributed by atoms with Crippen molar-refractivity contribution in [1.82, 2.24) is 14.5 Å². The summed E-state index contributed by atoms with van der Waals surface area (Å²) in [5.41, 5.74) is 5.71. The van der Waals surface area contributed by atoms with Gasteiger partial charge in [-0.3, -0.25) is 4.57 Å². The molecular weight excluding hydrogens is 531 g/mol. The van der Waals surface area contributed by atoms with Gasteiger partial charge in [-0.15, -0.1) is 11.3 Å². The van der Waals surface area contributed by atoms with Gasteiger partial charge in [0.15, 0.2) is 11.6 Å². The monoisotopic (exact) mass is 553 g/mol. The molecule has 0 aliphatic rings. The molecule has 0 saturated carbocycles. The molecule has 3 heterocycles. The highest BCUT2D eigenvalue weighted by Crippen LogP contribution is 2.42. The third-order valence-electron chi connectivity index (χ3n) is 8.21. The second-order valence-corrected chi connectivity index (χ2v) is 11.7. The van der Waals surface area contributed by atoms with Gasteiger partial charge >= 0.3 is 0 Å². The van der Waals surface area contributed by atoms with E-state index in [9.17, 15) is 0 Å². The lowest BCUT2D eigenvalue weighted by Gasteiger charge is -2.12. The van der Waals surface area contributed by atoms with E-state index in [2.05, 4.69) is 126 Å². The molecule has 0 fully saturated rings. The summed E-state index contributed by atoms with van der Waals surface area (Å²) >= 11 is 1.74. The Morgan fingerprint density at radius 3 is 1.98 bits per heavy atom. The van der Waals surface area contributed by atoms with Crippen LogP contribution in [-0.4, -0.2) is 14.5 Å². The standard InChI is InChI=1S/C38H23N3S/c1-3-11-24(12-4-1)28-19-20-30-34(23-28)42-38-35(30)37(39-36(40-38)25-13-5-2-6-14-25)41-32-18-10-9-17-29(32)31-21-26-15-7-8-16-27(26)22-33(31)41/h1-23H. The topological polar surface area (TPSA) is 30.7 Å². The number of nitrogens with zero attached hydrogens (tertiary/aromatic N) is 3. The van der Waals surface area contributed by atoms with Crippen LogP contribution in [0.4, 0.5) is 0 Å². The fourth-order valence-corrected chi connectivity index (χ4v) is 7.34. The molecule has 196 valence electrons. The third-order valence-corrected chi connectivity index (χ3v) is 9.25. The maximum Gasteiger partial charge on any atom is 0.163 e. The lowest BCUT2D eigenvalue weighted by molar-refractivity contribution is 1.08. The van der Waals surface area contributed by atoms with Gasteiger partial charge in [-0.05, 0) is 46.2 Å². The van der Waals surface area contributed by atoms with Crippen molar-refractivity contribution in [3.05, 3.63) is 140 Å². The van der Waals surface area contributed by atoms with Gasteiger partial charge in [-0.25, -0.2) is 9.97 Å². The first kappa shape index (κ1) is 23.4. The quantitative estimate of drug-likeness (QED) is 0.218. The molecular formula is C38H23N3S. The van der Waals surface area contributed by atoms with Crippen LogP contribution in [0.15, 0.2) is 140 Å². The van der Waals surface area contributed by atoms with Crippen LogP contribution in [0.2, 0.25) is 0 Å². The Morgan fingerprint density at radius 2 is 1.17 bits per heavy atom. The molecule has 0 bridgehead atoms. The van der Waals surface area contributed by atoms with Gasteiger partial charge in [0, 0.05) is 26.4 Å². The second kappa shape index (κ2) is 9.10. The van der Waals surface area contributed by atoms with Gasteiger partial charge in [0.1, 0.15) is 4.83 Å². The van der Waals surface area contributed by atoms with Crippen molar-refractivity contribution in [1.29, 1.82) is 0 Å². The molecule has 0 radical (unpaired) electrons. The summed E-state index contributed by atoms with van der Waals surface area (Å²) in [5.74, 6) is 1.65. The number of para-hydroxylation sites is 1. The molecule has 6 aromatic carbocycles. The molecule has 0 unspecified atom stereocenters. The Balaban J connectivity index is 1.42. The van der Waals surface area contributed by atoms with Gasteiger partial charge in [0.2, 0.25) is 0 Å². The minimum Gasteiger partial charge on any atom is -0.293 e. The van der Waals surface area contributed by atoms with E-state index in [1.54, 1.807) is 11.3 Å². The number of hydrogen-bond acceptors (Lipinski definition) is 3. The number of rotatable bonds is 3. The molecule has 4 heteroatoms. The zero-order valence-corrected chi connectivity index (χ0v) is 23.3. The van der Waals surface area contributed by atoms with E-state index in [0.29, 0.717) is 0 Å². The third kappa shape index (κ3) is 3.52. The molecule has 3 aromatic heterocycles. The molecule has 9 rings (SSSR count). The van der Waals surface area contributed by atoms with Crippen LogP contribution in [0, 0.1) is 0 Å². The molecule has 3 nitrogen and oxygen atoms in total. The normalized spacial score (nSPS) is 11.8. The van der Waals surface area contributed by atoms with E-state index in [0.717, 1.165) is 38.5 Å². The Hall–Kier alpha value is -5.32. The summed E-state index contributed by atoms with van der Waals surface area (Å²) in [6, 6.07) is 49.5. The highest BCUT2D eigenvalue weighted by Gasteiger charge is 2.21. The minimum atomic E-state index is 0.736. The van der Waals surface area contributed by atoms with E-state index >= 15 is 0 Å². The molecule has 0 amide bonds. The van der Waals surface area contributed by atoms with E-state index in [-0.39, 0.29) is 0 Å². The summed E-state index contributed by atoms with van der Waals surface area (Å²) in [6.45, 7) is 0. The van der Waals surface area contributed by atoms with Gasteiger partial charge in [0.25, 0.3) is 0 Å². The van der Waals surface area contributed by atoms with Gasteiger partial charge in [-0.1, -0.05) is 115 Å². The van der Waals surface area contributed by atoms with Crippen molar-refractivity contribution in [2.45, 2.75) is 0 Å². The van der Waals surface area contributed by atoms with E-state index in [1.807, 2.05) is 18.2 Å². The lowest BCUT2D eigenvalue weighted by atomic mass is 10.0. The van der Waals surface area contributed by atoms with Crippen molar-refractivity contribution in [2.24, 2.45) is 0 Å². The first-order valence-electron chi connectivity index (χ1n) is 14.1. The van der Waals surface area contributed by atoms with Crippen molar-refractivity contribution >= 4 is 64.2 Å². The maximum absolute atomic E-state index is 5.36. The highest BCUT2D eigenvalue weighted by atomic mass is 32.1. The number of thiophene rings is 1. The summed E-state index contributed by atoms with van der Waals surface area (Å²) in [5, 5.41) is 7.16. The first-order chi connectivity index (χ1) is 20.8. The van der Waals surface area contributed by atoms with Crippen molar-refractivity contribution in [3.63, 3.8) is 0 Å². The second-order valence-electron chi connectivity index (χ2n) is 10.7. The first-order valence-corrected chi connectivity index (χ1v) is 14.9. The maximum atomic E-state index is 5.36. The number of fused-ring (bicyclic) bond motifs is 7. The highest BCUT2D eigenvalue weighted by molar-refractivity contribution is 7.25. The minimum absolute atomic E-state index is 0.736. The average Bonchev–Trinajstić information content (AvgIpc) is 3.59. The van der Waals surface area contributed by atoms with E-state index in [4.69, 9.17) is 9.97 Å². The Bertz CT molecular complexity index is 2460. The van der Waals surface area contributed by atoms with E-state index in [1.165, 1.54) is 42.8 Å². The number of benzene rings is 6. The molecule has 0 saturated heterocycles. The average molecular weight is 554 g/mol. The lowest BCUT2D eigenvalue weighted by Crippen LogP contribution is -2.01. The van der Waals surface area contributed by atoms with Crippen LogP contribution in [0.5, 0.6) is 0 Å². The Labute approximate surface area is 246 Å². The molecule has 0 atom stereocenters. The number of aromatic nitrogens is 3.